The Morgan fingerprint density at radius 2 is 1.83 bits per heavy atom. The van der Waals surface area contributed by atoms with E-state index in [9.17, 15) is 19.5 Å². The molecule has 29 heavy (non-hydrogen) atoms. The molecule has 0 aliphatic rings. The summed E-state index contributed by atoms with van der Waals surface area (Å²) in [5, 5.41) is 12.7. The summed E-state index contributed by atoms with van der Waals surface area (Å²) in [4.78, 5) is 35.6. The summed E-state index contributed by atoms with van der Waals surface area (Å²) in [5.41, 5.74) is 1.88. The highest BCUT2D eigenvalue weighted by Crippen LogP contribution is 2.25. The normalized spacial score (nSPS) is 10.5. The van der Waals surface area contributed by atoms with Gasteiger partial charge in [0, 0.05) is 22.7 Å². The van der Waals surface area contributed by atoms with Crippen LogP contribution in [0.1, 0.15) is 22.8 Å². The molecule has 0 unspecified atom stereocenters. The SMILES string of the molecule is CCOC(=O)c1ccc(NC(=O)COC(=O)Cc2coc3cc(O)ccc23)cc1. The molecule has 2 N–H and O–H groups in total. The molecule has 0 fully saturated rings. The molecule has 3 aromatic rings. The molecule has 0 spiro atoms. The van der Waals surface area contributed by atoms with Gasteiger partial charge < -0.3 is 24.3 Å². The number of carbonyl (C=O) groups is 3. The van der Waals surface area contributed by atoms with Crippen molar-refractivity contribution in [2.24, 2.45) is 0 Å². The first kappa shape index (κ1) is 19.9. The van der Waals surface area contributed by atoms with Crippen LogP contribution >= 0.6 is 0 Å². The maximum absolute atomic E-state index is 12.0. The standard InChI is InChI=1S/C21H19NO7/c1-2-27-21(26)13-3-5-15(6-4-13)22-19(24)12-29-20(25)9-14-11-28-18-10-16(23)7-8-17(14)18/h3-8,10-11,23H,2,9,12H2,1H3,(H,22,24). The largest absolute Gasteiger partial charge is 0.508 e. The molecular formula is C21H19NO7. The number of anilines is 1. The summed E-state index contributed by atoms with van der Waals surface area (Å²) in [6.45, 7) is 1.54. The van der Waals surface area contributed by atoms with Gasteiger partial charge in [-0.2, -0.15) is 0 Å². The van der Waals surface area contributed by atoms with Gasteiger partial charge >= 0.3 is 11.9 Å². The molecule has 0 saturated carbocycles. The fraction of sp³-hybridized carbons (Fsp3) is 0.190. The van der Waals surface area contributed by atoms with Crippen LogP contribution in [0.4, 0.5) is 5.69 Å². The number of fused-ring (bicyclic) bond motifs is 1. The Bertz CT molecular complexity index is 1040. The van der Waals surface area contributed by atoms with Crippen molar-refractivity contribution in [2.45, 2.75) is 13.3 Å². The molecule has 0 radical (unpaired) electrons. The van der Waals surface area contributed by atoms with E-state index in [2.05, 4.69) is 5.32 Å². The number of ether oxygens (including phenoxy) is 2. The molecule has 0 aliphatic heterocycles. The molecule has 150 valence electrons. The predicted molar refractivity (Wildman–Crippen MR) is 104 cm³/mol. The number of benzene rings is 2. The van der Waals surface area contributed by atoms with Crippen molar-refractivity contribution in [3.05, 3.63) is 59.9 Å². The summed E-state index contributed by atoms with van der Waals surface area (Å²) in [7, 11) is 0. The molecule has 0 aliphatic carbocycles. The van der Waals surface area contributed by atoms with E-state index in [1.165, 1.54) is 30.5 Å². The first-order valence-corrected chi connectivity index (χ1v) is 8.88. The van der Waals surface area contributed by atoms with Gasteiger partial charge in [0.2, 0.25) is 0 Å². The average Bonchev–Trinajstić information content (AvgIpc) is 3.09. The van der Waals surface area contributed by atoms with Gasteiger partial charge in [0.15, 0.2) is 6.61 Å². The van der Waals surface area contributed by atoms with Crippen LogP contribution in [0.2, 0.25) is 0 Å². The maximum atomic E-state index is 12.0. The quantitative estimate of drug-likeness (QED) is 0.589. The summed E-state index contributed by atoms with van der Waals surface area (Å²) in [5.74, 6) is -1.48. The van der Waals surface area contributed by atoms with Crippen molar-refractivity contribution in [3.63, 3.8) is 0 Å². The second-order valence-electron chi connectivity index (χ2n) is 6.12. The van der Waals surface area contributed by atoms with Crippen LogP contribution in [-0.4, -0.2) is 36.2 Å². The van der Waals surface area contributed by atoms with Gasteiger partial charge in [0.25, 0.3) is 5.91 Å². The number of esters is 2. The topological polar surface area (TPSA) is 115 Å². The summed E-state index contributed by atoms with van der Waals surface area (Å²) in [6, 6.07) is 10.8. The first-order chi connectivity index (χ1) is 14.0. The predicted octanol–water partition coefficient (Wildman–Crippen LogP) is 3.04. The van der Waals surface area contributed by atoms with E-state index in [1.54, 1.807) is 25.1 Å². The zero-order valence-electron chi connectivity index (χ0n) is 15.6. The van der Waals surface area contributed by atoms with E-state index in [1.807, 2.05) is 0 Å². The van der Waals surface area contributed by atoms with Gasteiger partial charge in [0.1, 0.15) is 11.3 Å². The number of hydrogen-bond donors (Lipinski definition) is 2. The third-order valence-corrected chi connectivity index (χ3v) is 4.02. The smallest absolute Gasteiger partial charge is 0.338 e. The van der Waals surface area contributed by atoms with Crippen molar-refractivity contribution in [1.82, 2.24) is 0 Å². The van der Waals surface area contributed by atoms with Crippen molar-refractivity contribution >= 4 is 34.5 Å². The van der Waals surface area contributed by atoms with Crippen molar-refractivity contribution in [3.8, 4) is 5.75 Å². The molecule has 1 amide bonds. The van der Waals surface area contributed by atoms with Crippen molar-refractivity contribution in [1.29, 1.82) is 0 Å². The fourth-order valence-corrected chi connectivity index (χ4v) is 2.66. The van der Waals surface area contributed by atoms with Crippen LogP contribution in [0.15, 0.2) is 53.1 Å². The molecule has 1 aromatic heterocycles. The van der Waals surface area contributed by atoms with Gasteiger partial charge in [-0.05, 0) is 43.3 Å². The summed E-state index contributed by atoms with van der Waals surface area (Å²) in [6.07, 6.45) is 1.34. The number of rotatable bonds is 7. The highest BCUT2D eigenvalue weighted by molar-refractivity contribution is 5.94. The van der Waals surface area contributed by atoms with Crippen LogP contribution in [-0.2, 0) is 25.5 Å². The van der Waals surface area contributed by atoms with Crippen LogP contribution in [0.3, 0.4) is 0 Å². The Morgan fingerprint density at radius 1 is 1.07 bits per heavy atom. The Kier molecular flexibility index (Phi) is 6.13. The minimum atomic E-state index is -0.589. The maximum Gasteiger partial charge on any atom is 0.338 e. The number of carbonyl (C=O) groups excluding carboxylic acids is 3. The molecular weight excluding hydrogens is 378 g/mol. The molecule has 0 atom stereocenters. The molecule has 8 heteroatoms. The van der Waals surface area contributed by atoms with E-state index < -0.39 is 24.5 Å². The highest BCUT2D eigenvalue weighted by atomic mass is 16.5. The van der Waals surface area contributed by atoms with Crippen LogP contribution < -0.4 is 5.32 Å². The van der Waals surface area contributed by atoms with Gasteiger partial charge in [-0.15, -0.1) is 0 Å². The third kappa shape index (κ3) is 5.13. The summed E-state index contributed by atoms with van der Waals surface area (Å²) >= 11 is 0. The molecule has 3 rings (SSSR count). The van der Waals surface area contributed by atoms with Crippen LogP contribution in [0.5, 0.6) is 5.75 Å². The zero-order chi connectivity index (χ0) is 20.8. The lowest BCUT2D eigenvalue weighted by Gasteiger charge is -2.07. The van der Waals surface area contributed by atoms with Gasteiger partial charge in [-0.25, -0.2) is 4.79 Å². The third-order valence-electron chi connectivity index (χ3n) is 4.02. The van der Waals surface area contributed by atoms with Gasteiger partial charge in [-0.3, -0.25) is 9.59 Å². The molecule has 0 saturated heterocycles. The Balaban J connectivity index is 1.49. The number of nitrogens with one attached hydrogen (secondary N) is 1. The fourth-order valence-electron chi connectivity index (χ4n) is 2.66. The Morgan fingerprint density at radius 3 is 2.55 bits per heavy atom. The zero-order valence-corrected chi connectivity index (χ0v) is 15.6. The molecule has 0 bridgehead atoms. The second-order valence-corrected chi connectivity index (χ2v) is 6.12. The van der Waals surface area contributed by atoms with E-state index in [0.717, 1.165) is 0 Å². The van der Waals surface area contributed by atoms with E-state index >= 15 is 0 Å². The number of hydrogen-bond acceptors (Lipinski definition) is 7. The van der Waals surface area contributed by atoms with Crippen LogP contribution in [0.25, 0.3) is 11.0 Å². The van der Waals surface area contributed by atoms with Gasteiger partial charge in [-0.1, -0.05) is 0 Å². The molecule has 1 heterocycles. The second kappa shape index (κ2) is 8.92. The number of furan rings is 1. The van der Waals surface area contributed by atoms with Crippen molar-refractivity contribution in [2.75, 3.05) is 18.5 Å². The molecule has 2 aromatic carbocycles. The minimum Gasteiger partial charge on any atom is -0.508 e. The van der Waals surface area contributed by atoms with Gasteiger partial charge in [0.05, 0.1) is 24.9 Å². The van der Waals surface area contributed by atoms with E-state index in [0.29, 0.717) is 27.8 Å². The highest BCUT2D eigenvalue weighted by Gasteiger charge is 2.14. The van der Waals surface area contributed by atoms with E-state index in [4.69, 9.17) is 13.9 Å². The first-order valence-electron chi connectivity index (χ1n) is 8.88. The number of aromatic hydroxyl groups is 1. The molecule has 8 nitrogen and oxygen atoms in total. The summed E-state index contributed by atoms with van der Waals surface area (Å²) < 4.78 is 15.2. The lowest BCUT2D eigenvalue weighted by molar-refractivity contribution is -0.146. The number of amides is 1. The van der Waals surface area contributed by atoms with E-state index in [-0.39, 0.29) is 18.8 Å². The Labute approximate surface area is 166 Å². The number of phenols is 1. The monoisotopic (exact) mass is 397 g/mol. The average molecular weight is 397 g/mol. The lowest BCUT2D eigenvalue weighted by atomic mass is 10.1. The van der Waals surface area contributed by atoms with Crippen molar-refractivity contribution < 1.29 is 33.4 Å². The van der Waals surface area contributed by atoms with Crippen LogP contribution in [0, 0.1) is 0 Å². The Hall–Kier alpha value is -3.81. The minimum absolute atomic E-state index is 0.0629. The lowest BCUT2D eigenvalue weighted by Crippen LogP contribution is -2.21. The number of phenolic OH excluding ortho intramolecular Hbond substituents is 1.